The summed E-state index contributed by atoms with van der Waals surface area (Å²) in [6, 6.07) is 11.3. The first-order chi connectivity index (χ1) is 14.0. The predicted octanol–water partition coefficient (Wildman–Crippen LogP) is 2.72. The Bertz CT molecular complexity index is 1080. The lowest BCUT2D eigenvalue weighted by Crippen LogP contribution is -2.41. The number of carbonyl (C=O) groups excluding carboxylic acids is 1. The number of nitrogens with zero attached hydrogens (tertiary/aromatic N) is 4. The average Bonchev–Trinajstić information content (AvgIpc) is 2.74. The van der Waals surface area contributed by atoms with Gasteiger partial charge in [-0.3, -0.25) is 14.5 Å². The molecule has 7 nitrogen and oxygen atoms in total. The first-order valence-electron chi connectivity index (χ1n) is 9.93. The minimum absolute atomic E-state index is 0.0119. The maximum atomic E-state index is 12.8. The molecule has 1 aliphatic heterocycles. The van der Waals surface area contributed by atoms with Crippen LogP contribution in [0.25, 0.3) is 10.8 Å². The number of carbonyl (C=O) groups is 1. The second-order valence-electron chi connectivity index (χ2n) is 7.68. The van der Waals surface area contributed by atoms with Gasteiger partial charge in [-0.2, -0.15) is 5.10 Å². The number of hydrogen-bond acceptors (Lipinski definition) is 5. The van der Waals surface area contributed by atoms with Crippen molar-refractivity contribution < 1.29 is 4.79 Å². The number of rotatable bonds is 4. The third kappa shape index (κ3) is 4.19. The molecule has 0 bridgehead atoms. The number of amides is 1. The zero-order chi connectivity index (χ0) is 20.4. The largest absolute Gasteiger partial charge is 0.310 e. The summed E-state index contributed by atoms with van der Waals surface area (Å²) in [5.41, 5.74) is 1.83. The molecule has 0 saturated carbocycles. The number of aromatic nitrogens is 3. The lowest BCUT2D eigenvalue weighted by molar-refractivity contribution is -0.121. The van der Waals surface area contributed by atoms with Crippen LogP contribution in [0.15, 0.2) is 47.4 Å². The van der Waals surface area contributed by atoms with Crippen molar-refractivity contribution in [1.29, 1.82) is 0 Å². The first kappa shape index (κ1) is 19.3. The molecule has 0 aliphatic carbocycles. The van der Waals surface area contributed by atoms with Crippen LogP contribution in [0, 0.1) is 19.8 Å². The molecule has 0 atom stereocenters. The van der Waals surface area contributed by atoms with Crippen LogP contribution < -0.4 is 10.9 Å². The van der Waals surface area contributed by atoms with Crippen LogP contribution in [0.4, 0.5) is 5.82 Å². The molecule has 0 radical (unpaired) electrons. The highest BCUT2D eigenvalue weighted by Crippen LogP contribution is 2.20. The number of hydrogen-bond donors (Lipinski definition) is 1. The van der Waals surface area contributed by atoms with Gasteiger partial charge in [0, 0.05) is 30.6 Å². The standard InChI is InChI=1S/C22H25N5O2/c1-15-7-8-20(23-13-15)24-21(28)17-9-11-26(12-10-17)14-27-22(29)19-6-4-3-5-18(19)16(2)25-27/h3-8,13,17H,9-12,14H2,1-2H3,(H,23,24,28). The molecular weight excluding hydrogens is 366 g/mol. The molecule has 1 saturated heterocycles. The molecule has 3 aromatic rings. The summed E-state index contributed by atoms with van der Waals surface area (Å²) in [7, 11) is 0. The highest BCUT2D eigenvalue weighted by Gasteiger charge is 2.25. The van der Waals surface area contributed by atoms with Crippen molar-refractivity contribution in [2.24, 2.45) is 5.92 Å². The fraction of sp³-hybridized carbons (Fsp3) is 0.364. The fourth-order valence-electron chi connectivity index (χ4n) is 3.80. The Balaban J connectivity index is 1.38. The molecule has 1 amide bonds. The molecule has 0 unspecified atom stereocenters. The van der Waals surface area contributed by atoms with Crippen LogP contribution in [-0.4, -0.2) is 38.7 Å². The Labute approximate surface area is 169 Å². The van der Waals surface area contributed by atoms with Gasteiger partial charge in [0.05, 0.1) is 17.7 Å². The molecule has 7 heteroatoms. The highest BCUT2D eigenvalue weighted by molar-refractivity contribution is 5.91. The molecule has 150 valence electrons. The quantitative estimate of drug-likeness (QED) is 0.740. The van der Waals surface area contributed by atoms with E-state index < -0.39 is 0 Å². The van der Waals surface area contributed by atoms with Crippen LogP contribution >= 0.6 is 0 Å². The normalized spacial score (nSPS) is 15.5. The summed E-state index contributed by atoms with van der Waals surface area (Å²) >= 11 is 0. The zero-order valence-corrected chi connectivity index (χ0v) is 16.8. The van der Waals surface area contributed by atoms with E-state index in [1.165, 1.54) is 4.68 Å². The van der Waals surface area contributed by atoms with Crippen LogP contribution in [0.3, 0.4) is 0 Å². The van der Waals surface area contributed by atoms with Crippen molar-refractivity contribution in [2.75, 3.05) is 18.4 Å². The minimum Gasteiger partial charge on any atom is -0.310 e. The molecule has 2 aromatic heterocycles. The van der Waals surface area contributed by atoms with Gasteiger partial charge in [0.2, 0.25) is 5.91 Å². The molecule has 1 fully saturated rings. The number of fused-ring (bicyclic) bond motifs is 1. The number of aryl methyl sites for hydroxylation is 2. The topological polar surface area (TPSA) is 80.1 Å². The van der Waals surface area contributed by atoms with E-state index in [4.69, 9.17) is 0 Å². The number of piperidine rings is 1. The molecule has 0 spiro atoms. The third-order valence-corrected chi connectivity index (χ3v) is 5.51. The Morgan fingerprint density at radius 2 is 1.83 bits per heavy atom. The van der Waals surface area contributed by atoms with Crippen LogP contribution in [0.2, 0.25) is 0 Å². The number of pyridine rings is 1. The monoisotopic (exact) mass is 391 g/mol. The van der Waals surface area contributed by atoms with Gasteiger partial charge >= 0.3 is 0 Å². The van der Waals surface area contributed by atoms with E-state index >= 15 is 0 Å². The number of anilines is 1. The van der Waals surface area contributed by atoms with E-state index in [-0.39, 0.29) is 17.4 Å². The number of benzene rings is 1. The molecule has 1 N–H and O–H groups in total. The molecule has 29 heavy (non-hydrogen) atoms. The third-order valence-electron chi connectivity index (χ3n) is 5.51. The summed E-state index contributed by atoms with van der Waals surface area (Å²) in [5, 5.41) is 8.98. The van der Waals surface area contributed by atoms with Gasteiger partial charge in [-0.15, -0.1) is 0 Å². The van der Waals surface area contributed by atoms with Crippen molar-refractivity contribution in [3.8, 4) is 0 Å². The van der Waals surface area contributed by atoms with Crippen LogP contribution in [0.5, 0.6) is 0 Å². The van der Waals surface area contributed by atoms with Crippen molar-refractivity contribution in [3.05, 3.63) is 64.2 Å². The lowest BCUT2D eigenvalue weighted by atomic mass is 9.96. The summed E-state index contributed by atoms with van der Waals surface area (Å²) in [6.07, 6.45) is 3.24. The zero-order valence-electron chi connectivity index (χ0n) is 16.8. The second-order valence-corrected chi connectivity index (χ2v) is 7.68. The second kappa shape index (κ2) is 8.13. The fourth-order valence-corrected chi connectivity index (χ4v) is 3.80. The molecule has 1 aliphatic rings. The van der Waals surface area contributed by atoms with E-state index in [1.54, 1.807) is 6.20 Å². The van der Waals surface area contributed by atoms with E-state index in [1.807, 2.05) is 50.2 Å². The van der Waals surface area contributed by atoms with Gasteiger partial charge < -0.3 is 5.32 Å². The summed E-state index contributed by atoms with van der Waals surface area (Å²) in [6.45, 7) is 5.83. The van der Waals surface area contributed by atoms with Gasteiger partial charge in [-0.05, 0) is 44.4 Å². The number of likely N-dealkylation sites (tertiary alicyclic amines) is 1. The molecule has 4 rings (SSSR count). The van der Waals surface area contributed by atoms with E-state index in [0.717, 1.165) is 42.6 Å². The number of nitrogens with one attached hydrogen (secondary N) is 1. The Hall–Kier alpha value is -3.06. The molecule has 1 aromatic carbocycles. The SMILES string of the molecule is Cc1ccc(NC(=O)C2CCN(Cn3nc(C)c4ccccc4c3=O)CC2)nc1. The molecule has 3 heterocycles. The predicted molar refractivity (Wildman–Crippen MR) is 113 cm³/mol. The summed E-state index contributed by atoms with van der Waals surface area (Å²) in [5.74, 6) is 0.556. The highest BCUT2D eigenvalue weighted by atomic mass is 16.2. The van der Waals surface area contributed by atoms with Gasteiger partial charge in [-0.25, -0.2) is 9.67 Å². The van der Waals surface area contributed by atoms with Crippen molar-refractivity contribution in [1.82, 2.24) is 19.7 Å². The van der Waals surface area contributed by atoms with E-state index in [2.05, 4.69) is 20.3 Å². The summed E-state index contributed by atoms with van der Waals surface area (Å²) in [4.78, 5) is 31.7. The van der Waals surface area contributed by atoms with Gasteiger partial charge in [0.25, 0.3) is 5.56 Å². The maximum absolute atomic E-state index is 12.8. The molecular formula is C22H25N5O2. The Morgan fingerprint density at radius 1 is 1.10 bits per heavy atom. The smallest absolute Gasteiger partial charge is 0.275 e. The first-order valence-corrected chi connectivity index (χ1v) is 9.93. The van der Waals surface area contributed by atoms with Crippen molar-refractivity contribution in [2.45, 2.75) is 33.4 Å². The summed E-state index contributed by atoms with van der Waals surface area (Å²) < 4.78 is 1.54. The Kier molecular flexibility index (Phi) is 5.40. The average molecular weight is 391 g/mol. The van der Waals surface area contributed by atoms with Crippen molar-refractivity contribution in [3.63, 3.8) is 0 Å². The van der Waals surface area contributed by atoms with Crippen molar-refractivity contribution >= 4 is 22.5 Å². The maximum Gasteiger partial charge on any atom is 0.275 e. The Morgan fingerprint density at radius 3 is 2.52 bits per heavy atom. The van der Waals surface area contributed by atoms with Gasteiger partial charge in [0.1, 0.15) is 5.82 Å². The minimum atomic E-state index is -0.0727. The lowest BCUT2D eigenvalue weighted by Gasteiger charge is -2.31. The van der Waals surface area contributed by atoms with E-state index in [0.29, 0.717) is 17.9 Å². The van der Waals surface area contributed by atoms with Gasteiger partial charge in [0.15, 0.2) is 0 Å². The van der Waals surface area contributed by atoms with Gasteiger partial charge in [-0.1, -0.05) is 24.3 Å². The van der Waals surface area contributed by atoms with E-state index in [9.17, 15) is 9.59 Å². The van der Waals surface area contributed by atoms with Crippen LogP contribution in [0.1, 0.15) is 24.1 Å². The van der Waals surface area contributed by atoms with Crippen LogP contribution in [-0.2, 0) is 11.5 Å².